The number of hydrogen-bond acceptors (Lipinski definition) is 8. The quantitative estimate of drug-likeness (QED) is 0.383. The Morgan fingerprint density at radius 1 is 1.03 bits per heavy atom. The summed E-state index contributed by atoms with van der Waals surface area (Å²) in [6, 6.07) is 15.2. The monoisotopic (exact) mass is 520 g/mol. The van der Waals surface area contributed by atoms with Gasteiger partial charge in [0.15, 0.2) is 5.79 Å². The van der Waals surface area contributed by atoms with Crippen molar-refractivity contribution in [3.05, 3.63) is 81.1 Å². The van der Waals surface area contributed by atoms with Gasteiger partial charge in [-0.05, 0) is 23.8 Å². The first kappa shape index (κ1) is 23.4. The summed E-state index contributed by atoms with van der Waals surface area (Å²) in [6.07, 6.45) is 4.71. The first-order valence-electron chi connectivity index (χ1n) is 11.9. The lowest BCUT2D eigenvalue weighted by Crippen LogP contribution is -2.46. The molecule has 0 N–H and O–H groups in total. The van der Waals surface area contributed by atoms with Gasteiger partial charge in [0.05, 0.1) is 30.2 Å². The molecule has 0 bridgehead atoms. The van der Waals surface area contributed by atoms with Gasteiger partial charge in [0.1, 0.15) is 15.8 Å². The molecule has 5 heterocycles. The van der Waals surface area contributed by atoms with Gasteiger partial charge in [-0.2, -0.15) is 0 Å². The van der Waals surface area contributed by atoms with Crippen LogP contribution in [0.1, 0.15) is 24.0 Å². The molecule has 1 amide bonds. The molecule has 10 heteroatoms. The van der Waals surface area contributed by atoms with Crippen LogP contribution in [-0.4, -0.2) is 56.6 Å². The number of thioether (sulfide) groups is 1. The third-order valence-corrected chi connectivity index (χ3v) is 8.10. The minimum absolute atomic E-state index is 0.206. The standard InChI is InChI=1S/C26H24N4O4S2/c31-23-19(16-20-24(32)30(25(35)36-20)17-18-6-2-1-3-7-18)22(27-21-8-4-5-11-29(21)23)28-12-9-26(10-13-28)33-14-15-34-26/h1-8,11,16H,9-10,12-15,17H2/b20-16+. The fourth-order valence-corrected chi connectivity index (χ4v) is 6.07. The molecule has 0 radical (unpaired) electrons. The number of aromatic nitrogens is 2. The summed E-state index contributed by atoms with van der Waals surface area (Å²) >= 11 is 6.74. The summed E-state index contributed by atoms with van der Waals surface area (Å²) in [5.74, 6) is -0.183. The summed E-state index contributed by atoms with van der Waals surface area (Å²) in [5, 5.41) is 0. The van der Waals surface area contributed by atoms with Gasteiger partial charge in [-0.15, -0.1) is 0 Å². The van der Waals surface area contributed by atoms with Crippen LogP contribution in [0.15, 0.2) is 64.4 Å². The van der Waals surface area contributed by atoms with Gasteiger partial charge < -0.3 is 14.4 Å². The van der Waals surface area contributed by atoms with Gasteiger partial charge in [-0.25, -0.2) is 4.98 Å². The van der Waals surface area contributed by atoms with E-state index in [0.717, 1.165) is 5.56 Å². The largest absolute Gasteiger partial charge is 0.355 e. The summed E-state index contributed by atoms with van der Waals surface area (Å²) < 4.78 is 13.7. The van der Waals surface area contributed by atoms with Gasteiger partial charge in [0.25, 0.3) is 11.5 Å². The van der Waals surface area contributed by atoms with E-state index in [1.807, 2.05) is 42.5 Å². The predicted octanol–water partition coefficient (Wildman–Crippen LogP) is 3.44. The lowest BCUT2D eigenvalue weighted by atomic mass is 10.0. The molecule has 0 unspecified atom stereocenters. The molecular formula is C26H24N4O4S2. The summed E-state index contributed by atoms with van der Waals surface area (Å²) in [5.41, 5.74) is 1.70. The second kappa shape index (κ2) is 9.44. The Hall–Kier alpha value is -3.05. The number of thiocarbonyl (C=S) groups is 1. The van der Waals surface area contributed by atoms with Crippen molar-refractivity contribution in [2.75, 3.05) is 31.2 Å². The zero-order chi connectivity index (χ0) is 24.7. The molecule has 0 saturated carbocycles. The highest BCUT2D eigenvalue weighted by molar-refractivity contribution is 8.26. The smallest absolute Gasteiger partial charge is 0.267 e. The highest BCUT2D eigenvalue weighted by Gasteiger charge is 2.41. The van der Waals surface area contributed by atoms with Crippen LogP contribution >= 0.6 is 24.0 Å². The van der Waals surface area contributed by atoms with Crippen LogP contribution in [0.4, 0.5) is 5.82 Å². The molecule has 1 aromatic carbocycles. The van der Waals surface area contributed by atoms with Gasteiger partial charge in [-0.1, -0.05) is 60.4 Å². The number of carbonyl (C=O) groups is 1. The first-order chi connectivity index (χ1) is 17.5. The number of pyridine rings is 1. The van der Waals surface area contributed by atoms with Gasteiger partial charge in [0, 0.05) is 32.1 Å². The SMILES string of the molecule is O=C1/C(=C\c2c(N3CCC4(CC3)OCCO4)nc3ccccn3c2=O)SC(=S)N1Cc1ccccc1. The van der Waals surface area contributed by atoms with Crippen LogP contribution in [0.25, 0.3) is 11.7 Å². The van der Waals surface area contributed by atoms with E-state index in [2.05, 4.69) is 4.90 Å². The van der Waals surface area contributed by atoms with Crippen LogP contribution in [0.3, 0.4) is 0 Å². The third-order valence-electron chi connectivity index (χ3n) is 6.72. The normalized spacial score (nSPS) is 20.8. The van der Waals surface area contributed by atoms with Gasteiger partial charge in [-0.3, -0.25) is 18.9 Å². The average molecular weight is 521 g/mol. The molecule has 6 rings (SSSR count). The number of fused-ring (bicyclic) bond motifs is 1. The topological polar surface area (TPSA) is 76.4 Å². The minimum Gasteiger partial charge on any atom is -0.355 e. The maximum absolute atomic E-state index is 13.6. The van der Waals surface area contributed by atoms with E-state index in [1.54, 1.807) is 23.2 Å². The van der Waals surface area contributed by atoms with Crippen molar-refractivity contribution in [3.63, 3.8) is 0 Å². The number of benzene rings is 1. The van der Waals surface area contributed by atoms with E-state index < -0.39 is 5.79 Å². The zero-order valence-corrected chi connectivity index (χ0v) is 21.1. The fraction of sp³-hybridized carbons (Fsp3) is 0.308. The summed E-state index contributed by atoms with van der Waals surface area (Å²) in [6.45, 7) is 2.85. The number of anilines is 1. The van der Waals surface area contributed by atoms with Crippen LogP contribution < -0.4 is 10.5 Å². The molecule has 8 nitrogen and oxygen atoms in total. The van der Waals surface area contributed by atoms with Crippen LogP contribution in [-0.2, 0) is 20.8 Å². The average Bonchev–Trinajstić information content (AvgIpc) is 3.46. The van der Waals surface area contributed by atoms with Crippen molar-refractivity contribution in [3.8, 4) is 0 Å². The first-order valence-corrected chi connectivity index (χ1v) is 13.1. The van der Waals surface area contributed by atoms with Crippen LogP contribution in [0.5, 0.6) is 0 Å². The molecule has 3 aliphatic heterocycles. The highest BCUT2D eigenvalue weighted by Crippen LogP contribution is 2.36. The van der Waals surface area contributed by atoms with E-state index in [1.165, 1.54) is 16.2 Å². The summed E-state index contributed by atoms with van der Waals surface area (Å²) in [4.78, 5) is 35.9. The molecule has 3 aromatic rings. The Labute approximate surface area is 217 Å². The Balaban J connectivity index is 1.36. The molecule has 0 aliphatic carbocycles. The number of hydrogen-bond donors (Lipinski definition) is 0. The zero-order valence-electron chi connectivity index (χ0n) is 19.5. The van der Waals surface area contributed by atoms with Crippen molar-refractivity contribution in [1.82, 2.24) is 14.3 Å². The molecule has 1 spiro atoms. The van der Waals surface area contributed by atoms with Crippen LogP contribution in [0.2, 0.25) is 0 Å². The number of piperidine rings is 1. The third kappa shape index (κ3) is 4.24. The Morgan fingerprint density at radius 2 is 1.75 bits per heavy atom. The number of ether oxygens (including phenoxy) is 2. The Morgan fingerprint density at radius 3 is 2.50 bits per heavy atom. The van der Waals surface area contributed by atoms with Crippen molar-refractivity contribution in [1.29, 1.82) is 0 Å². The summed E-state index contributed by atoms with van der Waals surface area (Å²) in [7, 11) is 0. The molecule has 184 valence electrons. The minimum atomic E-state index is -0.539. The molecule has 3 fully saturated rings. The highest BCUT2D eigenvalue weighted by atomic mass is 32.2. The van der Waals surface area contributed by atoms with Gasteiger partial charge >= 0.3 is 0 Å². The second-order valence-electron chi connectivity index (χ2n) is 8.93. The lowest BCUT2D eigenvalue weighted by molar-refractivity contribution is -0.169. The van der Waals surface area contributed by atoms with Crippen molar-refractivity contribution in [2.45, 2.75) is 25.2 Å². The number of nitrogens with zero attached hydrogens (tertiary/aromatic N) is 4. The number of amides is 1. The Bertz CT molecular complexity index is 1420. The number of rotatable bonds is 4. The van der Waals surface area contributed by atoms with E-state index in [4.69, 9.17) is 26.7 Å². The maximum atomic E-state index is 13.6. The fourth-order valence-electron chi connectivity index (χ4n) is 4.84. The van der Waals surface area contributed by atoms with E-state index in [9.17, 15) is 9.59 Å². The lowest BCUT2D eigenvalue weighted by Gasteiger charge is -2.38. The van der Waals surface area contributed by atoms with Crippen molar-refractivity contribution < 1.29 is 14.3 Å². The molecule has 3 aliphatic rings. The van der Waals surface area contributed by atoms with E-state index in [0.29, 0.717) is 71.9 Å². The van der Waals surface area contributed by atoms with Crippen LogP contribution in [0, 0.1) is 0 Å². The van der Waals surface area contributed by atoms with E-state index in [-0.39, 0.29) is 11.5 Å². The second-order valence-corrected chi connectivity index (χ2v) is 10.6. The van der Waals surface area contributed by atoms with Gasteiger partial charge in [0.2, 0.25) is 0 Å². The molecule has 3 saturated heterocycles. The van der Waals surface area contributed by atoms with Crippen molar-refractivity contribution in [2.24, 2.45) is 0 Å². The van der Waals surface area contributed by atoms with E-state index >= 15 is 0 Å². The predicted molar refractivity (Wildman–Crippen MR) is 143 cm³/mol. The maximum Gasteiger partial charge on any atom is 0.267 e. The Kier molecular flexibility index (Phi) is 6.12. The van der Waals surface area contributed by atoms with Crippen molar-refractivity contribution >= 4 is 51.7 Å². The molecular weight excluding hydrogens is 496 g/mol. The molecule has 36 heavy (non-hydrogen) atoms. The molecule has 0 atom stereocenters. The number of carbonyl (C=O) groups excluding carboxylic acids is 1. The molecule has 2 aromatic heterocycles.